The molecule has 2 heterocycles. The van der Waals surface area contributed by atoms with E-state index >= 15 is 0 Å². The van der Waals surface area contributed by atoms with Crippen molar-refractivity contribution >= 4 is 23.2 Å². The van der Waals surface area contributed by atoms with Gasteiger partial charge in [0.2, 0.25) is 5.91 Å². The van der Waals surface area contributed by atoms with E-state index in [1.54, 1.807) is 11.3 Å². The van der Waals surface area contributed by atoms with Crippen molar-refractivity contribution in [1.82, 2.24) is 5.32 Å². The number of hydrogen-bond donors (Lipinski definition) is 2. The summed E-state index contributed by atoms with van der Waals surface area (Å²) in [5, 5.41) is 12.0. The van der Waals surface area contributed by atoms with E-state index in [4.69, 9.17) is 4.74 Å². The van der Waals surface area contributed by atoms with Crippen molar-refractivity contribution in [3.63, 3.8) is 0 Å². The van der Waals surface area contributed by atoms with E-state index in [0.29, 0.717) is 19.6 Å². The molecule has 22 heavy (non-hydrogen) atoms. The van der Waals surface area contributed by atoms with Gasteiger partial charge in [-0.15, -0.1) is 11.3 Å². The number of carbonyl (C=O) groups excluding carboxylic acids is 1. The number of rotatable bonds is 7. The van der Waals surface area contributed by atoms with Crippen molar-refractivity contribution in [3.05, 3.63) is 21.9 Å². The van der Waals surface area contributed by atoms with Crippen LogP contribution in [0.25, 0.3) is 0 Å². The second-order valence-corrected chi connectivity index (χ2v) is 7.10. The van der Waals surface area contributed by atoms with Crippen molar-refractivity contribution in [2.24, 2.45) is 5.92 Å². The number of aryl methyl sites for hydroxylation is 2. The fraction of sp³-hybridized carbons (Fsp3) is 0.625. The minimum absolute atomic E-state index is 0.129. The minimum atomic E-state index is -0.974. The van der Waals surface area contributed by atoms with Crippen LogP contribution in [0.15, 0.2) is 12.1 Å². The van der Waals surface area contributed by atoms with Crippen LogP contribution in [-0.4, -0.2) is 36.2 Å². The standard InChI is InChI=1S/C16H23NO4S/c1-11-7-8-13(22-11)5-2-6-14(18)17-15(16(19)20)12-4-3-9-21-10-12/h7-8,12,15H,2-6,9-10H2,1H3,(H,17,18)(H,19,20). The van der Waals surface area contributed by atoms with E-state index in [2.05, 4.69) is 24.4 Å². The Kier molecular flexibility index (Phi) is 6.39. The lowest BCUT2D eigenvalue weighted by molar-refractivity contribution is -0.145. The van der Waals surface area contributed by atoms with E-state index in [9.17, 15) is 14.7 Å². The van der Waals surface area contributed by atoms with E-state index in [0.717, 1.165) is 25.7 Å². The van der Waals surface area contributed by atoms with Crippen molar-refractivity contribution in [2.45, 2.75) is 45.1 Å². The molecule has 1 aromatic rings. The highest BCUT2D eigenvalue weighted by Crippen LogP contribution is 2.19. The molecular weight excluding hydrogens is 302 g/mol. The van der Waals surface area contributed by atoms with Gasteiger partial charge in [0.25, 0.3) is 0 Å². The summed E-state index contributed by atoms with van der Waals surface area (Å²) in [5.74, 6) is -1.29. The molecule has 122 valence electrons. The van der Waals surface area contributed by atoms with Crippen molar-refractivity contribution < 1.29 is 19.4 Å². The van der Waals surface area contributed by atoms with E-state index in [-0.39, 0.29) is 11.8 Å². The molecule has 5 nitrogen and oxygen atoms in total. The fourth-order valence-electron chi connectivity index (χ4n) is 2.70. The Morgan fingerprint density at radius 3 is 2.91 bits per heavy atom. The molecule has 0 spiro atoms. The number of carboxylic acid groups (broad SMARTS) is 1. The summed E-state index contributed by atoms with van der Waals surface area (Å²) in [6, 6.07) is 3.32. The monoisotopic (exact) mass is 325 g/mol. The van der Waals surface area contributed by atoms with Gasteiger partial charge >= 0.3 is 5.97 Å². The molecule has 1 amide bonds. The third kappa shape index (κ3) is 5.10. The third-order valence-electron chi connectivity index (χ3n) is 3.87. The fourth-order valence-corrected chi connectivity index (χ4v) is 3.63. The van der Waals surface area contributed by atoms with Gasteiger partial charge in [-0.1, -0.05) is 0 Å². The zero-order valence-electron chi connectivity index (χ0n) is 12.8. The van der Waals surface area contributed by atoms with Gasteiger partial charge in [-0.3, -0.25) is 4.79 Å². The largest absolute Gasteiger partial charge is 0.480 e. The van der Waals surface area contributed by atoms with Gasteiger partial charge in [-0.25, -0.2) is 4.79 Å². The quantitative estimate of drug-likeness (QED) is 0.807. The molecule has 1 aliphatic heterocycles. The van der Waals surface area contributed by atoms with E-state index < -0.39 is 12.0 Å². The number of aliphatic carboxylic acids is 1. The van der Waals surface area contributed by atoms with Crippen LogP contribution < -0.4 is 5.32 Å². The molecule has 1 aliphatic rings. The predicted octanol–water partition coefficient (Wildman–Crippen LogP) is 2.38. The average Bonchev–Trinajstić information content (AvgIpc) is 2.91. The van der Waals surface area contributed by atoms with Crippen molar-refractivity contribution in [3.8, 4) is 0 Å². The van der Waals surface area contributed by atoms with Crippen LogP contribution in [0.3, 0.4) is 0 Å². The maximum absolute atomic E-state index is 12.0. The molecule has 0 bridgehead atoms. The summed E-state index contributed by atoms with van der Waals surface area (Å²) < 4.78 is 5.32. The molecule has 2 rings (SSSR count). The Morgan fingerprint density at radius 2 is 2.32 bits per heavy atom. The molecule has 0 saturated carbocycles. The Hall–Kier alpha value is -1.40. The first kappa shape index (κ1) is 17.0. The summed E-state index contributed by atoms with van der Waals surface area (Å²) >= 11 is 1.74. The smallest absolute Gasteiger partial charge is 0.326 e. The first-order chi connectivity index (χ1) is 10.6. The minimum Gasteiger partial charge on any atom is -0.480 e. The number of carbonyl (C=O) groups is 2. The van der Waals surface area contributed by atoms with Gasteiger partial charge in [0.05, 0.1) is 6.61 Å². The Morgan fingerprint density at radius 1 is 1.50 bits per heavy atom. The molecule has 0 radical (unpaired) electrons. The highest BCUT2D eigenvalue weighted by molar-refractivity contribution is 7.11. The Labute approximate surface area is 134 Å². The molecule has 2 unspecified atom stereocenters. The van der Waals surface area contributed by atoms with Crippen LogP contribution >= 0.6 is 11.3 Å². The van der Waals surface area contributed by atoms with Crippen LogP contribution in [0, 0.1) is 12.8 Å². The van der Waals surface area contributed by atoms with Gasteiger partial charge < -0.3 is 15.2 Å². The molecule has 1 saturated heterocycles. The number of carboxylic acids is 1. The maximum atomic E-state index is 12.0. The summed E-state index contributed by atoms with van der Waals surface area (Å²) in [7, 11) is 0. The Balaban J connectivity index is 1.76. The zero-order valence-corrected chi connectivity index (χ0v) is 13.7. The highest BCUT2D eigenvalue weighted by atomic mass is 32.1. The molecule has 0 aromatic carbocycles. The van der Waals surface area contributed by atoms with Gasteiger partial charge in [0.15, 0.2) is 0 Å². The lowest BCUT2D eigenvalue weighted by Gasteiger charge is -2.28. The number of ether oxygens (including phenoxy) is 1. The molecular formula is C16H23NO4S. The summed E-state index contributed by atoms with van der Waals surface area (Å²) in [5.41, 5.74) is 0. The number of hydrogen-bond acceptors (Lipinski definition) is 4. The summed E-state index contributed by atoms with van der Waals surface area (Å²) in [6.45, 7) is 3.15. The van der Waals surface area contributed by atoms with Gasteiger partial charge in [-0.05, 0) is 44.7 Å². The third-order valence-corrected chi connectivity index (χ3v) is 4.93. The van der Waals surface area contributed by atoms with Crippen molar-refractivity contribution in [2.75, 3.05) is 13.2 Å². The number of thiophene rings is 1. The Bertz CT molecular complexity index is 508. The number of amides is 1. The van der Waals surface area contributed by atoms with E-state index in [1.165, 1.54) is 9.75 Å². The predicted molar refractivity (Wildman–Crippen MR) is 85.1 cm³/mol. The van der Waals surface area contributed by atoms with Crippen LogP contribution in [-0.2, 0) is 20.7 Å². The molecule has 2 atom stereocenters. The summed E-state index contributed by atoms with van der Waals surface area (Å²) in [4.78, 5) is 25.9. The molecule has 2 N–H and O–H groups in total. The first-order valence-electron chi connectivity index (χ1n) is 7.71. The summed E-state index contributed by atoms with van der Waals surface area (Å²) in [6.07, 6.45) is 3.58. The zero-order chi connectivity index (χ0) is 15.9. The highest BCUT2D eigenvalue weighted by Gasteiger charge is 2.31. The van der Waals surface area contributed by atoms with Crippen LogP contribution in [0.2, 0.25) is 0 Å². The molecule has 0 aliphatic carbocycles. The van der Waals surface area contributed by atoms with E-state index in [1.807, 2.05) is 0 Å². The molecule has 1 fully saturated rings. The van der Waals surface area contributed by atoms with Crippen LogP contribution in [0.1, 0.15) is 35.4 Å². The lowest BCUT2D eigenvalue weighted by Crippen LogP contribution is -2.48. The van der Waals surface area contributed by atoms with Gasteiger partial charge in [-0.2, -0.15) is 0 Å². The van der Waals surface area contributed by atoms with Gasteiger partial charge in [0, 0.05) is 28.7 Å². The lowest BCUT2D eigenvalue weighted by atomic mass is 9.93. The average molecular weight is 325 g/mol. The second-order valence-electron chi connectivity index (χ2n) is 5.73. The number of nitrogens with one attached hydrogen (secondary N) is 1. The normalized spacial score (nSPS) is 19.6. The van der Waals surface area contributed by atoms with Crippen molar-refractivity contribution in [1.29, 1.82) is 0 Å². The SMILES string of the molecule is Cc1ccc(CCCC(=O)NC(C(=O)O)C2CCCOC2)s1. The molecule has 1 aromatic heterocycles. The van der Waals surface area contributed by atoms with Gasteiger partial charge in [0.1, 0.15) is 6.04 Å². The topological polar surface area (TPSA) is 75.6 Å². The maximum Gasteiger partial charge on any atom is 0.326 e. The van der Waals surface area contributed by atoms with Crippen LogP contribution in [0.4, 0.5) is 0 Å². The van der Waals surface area contributed by atoms with Crippen LogP contribution in [0.5, 0.6) is 0 Å². The molecule has 6 heteroatoms. The first-order valence-corrected chi connectivity index (χ1v) is 8.53. The second kappa shape index (κ2) is 8.29.